The van der Waals surface area contributed by atoms with Crippen molar-refractivity contribution >= 4 is 23.4 Å². The molecule has 0 aliphatic carbocycles. The number of nitrogens with one attached hydrogen (secondary N) is 1. The number of carbonyl (C=O) groups is 1. The largest absolute Gasteiger partial charge is 0.492 e. The van der Waals surface area contributed by atoms with Gasteiger partial charge in [0, 0.05) is 31.3 Å². The van der Waals surface area contributed by atoms with E-state index in [1.165, 1.54) is 11.8 Å². The maximum atomic E-state index is 12.7. The van der Waals surface area contributed by atoms with Crippen molar-refractivity contribution in [2.45, 2.75) is 31.4 Å². The number of amides is 1. The van der Waals surface area contributed by atoms with E-state index in [1.807, 2.05) is 32.2 Å². The van der Waals surface area contributed by atoms with Gasteiger partial charge in [0.05, 0.1) is 17.9 Å². The first-order valence-electron chi connectivity index (χ1n) is 7.87. The van der Waals surface area contributed by atoms with E-state index in [2.05, 4.69) is 10.4 Å². The predicted molar refractivity (Wildman–Crippen MR) is 94.3 cm³/mol. The number of aryl methyl sites for hydroxylation is 1. The molecular weight excluding hydrogens is 326 g/mol. The van der Waals surface area contributed by atoms with Crippen LogP contribution in [0.1, 0.15) is 29.8 Å². The number of rotatable bonds is 5. The highest BCUT2D eigenvalue weighted by Gasteiger charge is 2.23. The van der Waals surface area contributed by atoms with Crippen LogP contribution in [-0.4, -0.2) is 34.7 Å². The minimum Gasteiger partial charge on any atom is -0.492 e. The molecule has 0 fully saturated rings. The van der Waals surface area contributed by atoms with Crippen LogP contribution in [0.2, 0.25) is 0 Å². The predicted octanol–water partition coefficient (Wildman–Crippen LogP) is 3.12. The molecule has 1 amide bonds. The van der Waals surface area contributed by atoms with Crippen molar-refractivity contribution in [3.63, 3.8) is 0 Å². The molecule has 0 bridgehead atoms. The molecule has 0 saturated heterocycles. The molecular formula is C17H21N3O3S. The van der Waals surface area contributed by atoms with Crippen molar-refractivity contribution in [3.8, 4) is 11.5 Å². The summed E-state index contributed by atoms with van der Waals surface area (Å²) in [7, 11) is 1.80. The van der Waals surface area contributed by atoms with Crippen molar-refractivity contribution in [2.75, 3.05) is 18.2 Å². The molecule has 1 aliphatic heterocycles. The van der Waals surface area contributed by atoms with Crippen LogP contribution in [0.25, 0.3) is 0 Å². The number of aromatic nitrogens is 2. The average molecular weight is 347 g/mol. The highest BCUT2D eigenvalue weighted by Crippen LogP contribution is 2.38. The fraction of sp³-hybridized carbons (Fsp3) is 0.412. The van der Waals surface area contributed by atoms with Crippen molar-refractivity contribution in [1.82, 2.24) is 9.78 Å². The SMILES string of the molecule is CCOc1cc2c(cc1NC(=O)c1cn(C)nc1SC)OC(C)C2. The van der Waals surface area contributed by atoms with E-state index in [0.29, 0.717) is 28.6 Å². The lowest BCUT2D eigenvalue weighted by Gasteiger charge is -2.13. The summed E-state index contributed by atoms with van der Waals surface area (Å²) in [6.45, 7) is 4.48. The Kier molecular flexibility index (Phi) is 4.71. The third-order valence-electron chi connectivity index (χ3n) is 3.78. The molecule has 1 N–H and O–H groups in total. The van der Waals surface area contributed by atoms with E-state index in [9.17, 15) is 4.79 Å². The fourth-order valence-corrected chi connectivity index (χ4v) is 3.35. The van der Waals surface area contributed by atoms with Crippen LogP contribution in [0.4, 0.5) is 5.69 Å². The number of ether oxygens (including phenoxy) is 2. The number of fused-ring (bicyclic) bond motifs is 1. The highest BCUT2D eigenvalue weighted by atomic mass is 32.2. The number of anilines is 1. The molecule has 128 valence electrons. The van der Waals surface area contributed by atoms with E-state index in [4.69, 9.17) is 9.47 Å². The summed E-state index contributed by atoms with van der Waals surface area (Å²) in [6.07, 6.45) is 4.60. The molecule has 1 aromatic heterocycles. The molecule has 2 aromatic rings. The van der Waals surface area contributed by atoms with Gasteiger partial charge in [-0.05, 0) is 26.2 Å². The number of carbonyl (C=O) groups excluding carboxylic acids is 1. The van der Waals surface area contributed by atoms with Crippen LogP contribution < -0.4 is 14.8 Å². The standard InChI is InChI=1S/C17H21N3O3S/c1-5-22-15-7-11-6-10(2)23-14(11)8-13(15)18-16(21)12-9-20(3)19-17(12)24-4/h7-10H,5-6H2,1-4H3,(H,18,21). The lowest BCUT2D eigenvalue weighted by molar-refractivity contribution is 0.102. The molecule has 1 unspecified atom stereocenters. The smallest absolute Gasteiger partial charge is 0.260 e. The van der Waals surface area contributed by atoms with Gasteiger partial charge < -0.3 is 14.8 Å². The van der Waals surface area contributed by atoms with E-state index >= 15 is 0 Å². The van der Waals surface area contributed by atoms with Crippen LogP contribution in [-0.2, 0) is 13.5 Å². The molecule has 24 heavy (non-hydrogen) atoms. The van der Waals surface area contributed by atoms with Gasteiger partial charge in [0.15, 0.2) is 0 Å². The summed E-state index contributed by atoms with van der Waals surface area (Å²) in [5.41, 5.74) is 2.27. The van der Waals surface area contributed by atoms with Gasteiger partial charge in [-0.2, -0.15) is 5.10 Å². The Morgan fingerprint density at radius 2 is 2.33 bits per heavy atom. The first-order chi connectivity index (χ1) is 11.5. The molecule has 7 heteroatoms. The Hall–Kier alpha value is -2.15. The Labute approximate surface area is 145 Å². The maximum absolute atomic E-state index is 12.7. The second-order valence-corrected chi connectivity index (χ2v) is 6.50. The zero-order valence-corrected chi connectivity index (χ0v) is 15.1. The Morgan fingerprint density at radius 1 is 1.54 bits per heavy atom. The Balaban J connectivity index is 1.91. The lowest BCUT2D eigenvalue weighted by atomic mass is 10.1. The maximum Gasteiger partial charge on any atom is 0.260 e. The number of hydrogen-bond donors (Lipinski definition) is 1. The van der Waals surface area contributed by atoms with Gasteiger partial charge >= 0.3 is 0 Å². The number of benzene rings is 1. The van der Waals surface area contributed by atoms with Gasteiger partial charge in [-0.25, -0.2) is 0 Å². The summed E-state index contributed by atoms with van der Waals surface area (Å²) in [5.74, 6) is 1.26. The van der Waals surface area contributed by atoms with Gasteiger partial charge in [0.25, 0.3) is 5.91 Å². The molecule has 3 rings (SSSR count). The molecule has 6 nitrogen and oxygen atoms in total. The minimum atomic E-state index is -0.209. The van der Waals surface area contributed by atoms with E-state index in [1.54, 1.807) is 17.9 Å². The summed E-state index contributed by atoms with van der Waals surface area (Å²) < 4.78 is 13.1. The fourth-order valence-electron chi connectivity index (χ4n) is 2.78. The summed E-state index contributed by atoms with van der Waals surface area (Å²) in [4.78, 5) is 12.7. The third kappa shape index (κ3) is 3.21. The summed E-state index contributed by atoms with van der Waals surface area (Å²) in [6, 6.07) is 3.80. The Morgan fingerprint density at radius 3 is 3.04 bits per heavy atom. The quantitative estimate of drug-likeness (QED) is 0.842. The van der Waals surface area contributed by atoms with E-state index in [-0.39, 0.29) is 12.0 Å². The monoisotopic (exact) mass is 347 g/mol. The average Bonchev–Trinajstić information content (AvgIpc) is 3.09. The molecule has 0 radical (unpaired) electrons. The van der Waals surface area contributed by atoms with Gasteiger partial charge in [-0.1, -0.05) is 0 Å². The topological polar surface area (TPSA) is 65.4 Å². The van der Waals surface area contributed by atoms with Crippen LogP contribution >= 0.6 is 11.8 Å². The van der Waals surface area contributed by atoms with Crippen LogP contribution in [0.3, 0.4) is 0 Å². The lowest BCUT2D eigenvalue weighted by Crippen LogP contribution is -2.13. The first kappa shape index (κ1) is 16.7. The second kappa shape index (κ2) is 6.76. The van der Waals surface area contributed by atoms with Crippen molar-refractivity contribution in [1.29, 1.82) is 0 Å². The second-order valence-electron chi connectivity index (χ2n) is 5.70. The van der Waals surface area contributed by atoms with E-state index in [0.717, 1.165) is 17.7 Å². The molecule has 1 atom stereocenters. The highest BCUT2D eigenvalue weighted by molar-refractivity contribution is 7.98. The summed E-state index contributed by atoms with van der Waals surface area (Å²) in [5, 5.41) is 7.91. The van der Waals surface area contributed by atoms with Gasteiger partial charge in [0.2, 0.25) is 0 Å². The number of hydrogen-bond acceptors (Lipinski definition) is 5. The molecule has 0 saturated carbocycles. The van der Waals surface area contributed by atoms with Crippen molar-refractivity contribution in [3.05, 3.63) is 29.5 Å². The van der Waals surface area contributed by atoms with E-state index < -0.39 is 0 Å². The third-order valence-corrected chi connectivity index (χ3v) is 4.47. The van der Waals surface area contributed by atoms with Crippen LogP contribution in [0.15, 0.2) is 23.4 Å². The number of nitrogens with zero attached hydrogens (tertiary/aromatic N) is 2. The minimum absolute atomic E-state index is 0.141. The molecule has 2 heterocycles. The zero-order valence-electron chi connectivity index (χ0n) is 14.3. The first-order valence-corrected chi connectivity index (χ1v) is 9.09. The molecule has 0 spiro atoms. The number of thioether (sulfide) groups is 1. The Bertz CT molecular complexity index is 773. The van der Waals surface area contributed by atoms with Crippen molar-refractivity contribution < 1.29 is 14.3 Å². The normalized spacial score (nSPS) is 15.8. The molecule has 1 aliphatic rings. The van der Waals surface area contributed by atoms with Crippen LogP contribution in [0.5, 0.6) is 11.5 Å². The van der Waals surface area contributed by atoms with Gasteiger partial charge in [0.1, 0.15) is 22.6 Å². The van der Waals surface area contributed by atoms with Gasteiger partial charge in [-0.3, -0.25) is 9.48 Å². The molecule has 1 aromatic carbocycles. The summed E-state index contributed by atoms with van der Waals surface area (Å²) >= 11 is 1.44. The van der Waals surface area contributed by atoms with Crippen molar-refractivity contribution in [2.24, 2.45) is 7.05 Å². The van der Waals surface area contributed by atoms with Crippen LogP contribution in [0, 0.1) is 0 Å². The zero-order chi connectivity index (χ0) is 17.3. The van der Waals surface area contributed by atoms with Gasteiger partial charge in [-0.15, -0.1) is 11.8 Å².